The Morgan fingerprint density at radius 3 is 2.52 bits per heavy atom. The van der Waals surface area contributed by atoms with Crippen molar-refractivity contribution in [3.05, 3.63) is 83.9 Å². The molecule has 4 rings (SSSR count). The number of carbonyl (C=O) groups is 3. The Hall–Kier alpha value is -4.51. The van der Waals surface area contributed by atoms with Crippen LogP contribution in [0.4, 0.5) is 20.6 Å². The van der Waals surface area contributed by atoms with Gasteiger partial charge < -0.3 is 30.3 Å². The van der Waals surface area contributed by atoms with Gasteiger partial charge in [0.2, 0.25) is 0 Å². The summed E-state index contributed by atoms with van der Waals surface area (Å²) in [5.41, 5.74) is 1.33. The van der Waals surface area contributed by atoms with Crippen LogP contribution in [0.3, 0.4) is 0 Å². The van der Waals surface area contributed by atoms with Crippen molar-refractivity contribution >= 4 is 29.2 Å². The van der Waals surface area contributed by atoms with Crippen molar-refractivity contribution < 1.29 is 28.6 Å². The van der Waals surface area contributed by atoms with E-state index in [1.165, 1.54) is 41.6 Å². The molecule has 0 unspecified atom stereocenters. The molecule has 0 saturated carbocycles. The van der Waals surface area contributed by atoms with Crippen LogP contribution in [-0.4, -0.2) is 76.6 Å². The van der Waals surface area contributed by atoms with Crippen molar-refractivity contribution in [2.45, 2.75) is 26.0 Å². The third-order valence-corrected chi connectivity index (χ3v) is 6.78. The average Bonchev–Trinajstić information content (AvgIpc) is 2.96. The number of para-hydroxylation sites is 1. The summed E-state index contributed by atoms with van der Waals surface area (Å²) in [4.78, 5) is 46.4. The van der Waals surface area contributed by atoms with Crippen LogP contribution >= 0.6 is 0 Å². The molecule has 3 atom stereocenters. The Morgan fingerprint density at radius 1 is 1.15 bits per heavy atom. The highest BCUT2D eigenvalue weighted by molar-refractivity contribution is 6.07. The summed E-state index contributed by atoms with van der Waals surface area (Å²) >= 11 is 0. The van der Waals surface area contributed by atoms with E-state index in [1.807, 2.05) is 6.92 Å². The first kappa shape index (κ1) is 28.5. The van der Waals surface area contributed by atoms with E-state index in [2.05, 4.69) is 15.6 Å². The van der Waals surface area contributed by atoms with Crippen molar-refractivity contribution in [1.82, 2.24) is 14.8 Å². The lowest BCUT2D eigenvalue weighted by Gasteiger charge is -2.38. The number of nitrogens with zero attached hydrogens (tertiary/aromatic N) is 3. The minimum absolute atomic E-state index is 0.135. The number of hydrogen-bond acceptors (Lipinski definition) is 6. The number of ether oxygens (including phenoxy) is 1. The van der Waals surface area contributed by atoms with Crippen molar-refractivity contribution in [3.63, 3.8) is 0 Å². The van der Waals surface area contributed by atoms with Crippen molar-refractivity contribution in [2.24, 2.45) is 5.92 Å². The summed E-state index contributed by atoms with van der Waals surface area (Å²) in [5, 5.41) is 15.4. The number of amides is 4. The molecule has 4 amide bonds. The van der Waals surface area contributed by atoms with Crippen molar-refractivity contribution in [2.75, 3.05) is 37.4 Å². The predicted molar refractivity (Wildman–Crippen MR) is 148 cm³/mol. The number of hydrogen-bond donors (Lipinski definition) is 3. The number of urea groups is 1. The number of nitrogens with one attached hydrogen (secondary N) is 2. The number of fused-ring (bicyclic) bond motifs is 1. The molecule has 0 saturated heterocycles. The lowest BCUT2D eigenvalue weighted by molar-refractivity contribution is 0.0372. The number of aromatic nitrogens is 1. The zero-order valence-corrected chi connectivity index (χ0v) is 22.5. The Kier molecular flexibility index (Phi) is 8.95. The number of benzene rings is 2. The molecule has 1 aliphatic heterocycles. The van der Waals surface area contributed by atoms with Crippen molar-refractivity contribution in [3.8, 4) is 5.75 Å². The van der Waals surface area contributed by atoms with E-state index < -0.39 is 29.9 Å². The van der Waals surface area contributed by atoms with Gasteiger partial charge in [-0.1, -0.05) is 13.0 Å². The summed E-state index contributed by atoms with van der Waals surface area (Å²) in [6.45, 7) is 3.81. The molecule has 2 aromatic carbocycles. The largest absolute Gasteiger partial charge is 0.485 e. The minimum atomic E-state index is -0.594. The van der Waals surface area contributed by atoms with Crippen LogP contribution in [0.15, 0.2) is 67.0 Å². The maximum atomic E-state index is 13.6. The van der Waals surface area contributed by atoms with E-state index >= 15 is 0 Å². The molecule has 3 N–H and O–H groups in total. The van der Waals surface area contributed by atoms with Crippen LogP contribution < -0.4 is 15.4 Å². The van der Waals surface area contributed by atoms with Gasteiger partial charge in [-0.05, 0) is 55.5 Å². The predicted octanol–water partition coefficient (Wildman–Crippen LogP) is 3.86. The Morgan fingerprint density at radius 2 is 1.85 bits per heavy atom. The molecule has 2 heterocycles. The molecule has 0 bridgehead atoms. The number of aliphatic hydroxyl groups excluding tert-OH is 1. The molecule has 3 aromatic rings. The molecule has 210 valence electrons. The minimum Gasteiger partial charge on any atom is -0.485 e. The van der Waals surface area contributed by atoms with Gasteiger partial charge in [-0.15, -0.1) is 0 Å². The average molecular weight is 550 g/mol. The smallest absolute Gasteiger partial charge is 0.321 e. The summed E-state index contributed by atoms with van der Waals surface area (Å²) in [6, 6.07) is 12.5. The number of likely N-dealkylation sites (N-methyl/N-ethyl adjacent to an activating group) is 1. The molecule has 40 heavy (non-hydrogen) atoms. The zero-order chi connectivity index (χ0) is 28.8. The first-order chi connectivity index (χ1) is 19.2. The fourth-order valence-corrected chi connectivity index (χ4v) is 4.36. The van der Waals surface area contributed by atoms with Gasteiger partial charge in [0, 0.05) is 43.2 Å². The van der Waals surface area contributed by atoms with Gasteiger partial charge >= 0.3 is 6.03 Å². The Balaban J connectivity index is 1.64. The maximum absolute atomic E-state index is 13.6. The molecule has 10 nitrogen and oxygen atoms in total. The Labute approximate surface area is 231 Å². The lowest BCUT2D eigenvalue weighted by atomic mass is 9.99. The molecular weight excluding hydrogens is 517 g/mol. The summed E-state index contributed by atoms with van der Waals surface area (Å²) in [5.74, 6) is -1.26. The van der Waals surface area contributed by atoms with Gasteiger partial charge in [0.25, 0.3) is 11.8 Å². The molecular formula is C29H32FN5O5. The summed E-state index contributed by atoms with van der Waals surface area (Å²) in [6.07, 6.45) is 2.41. The number of halogens is 1. The highest BCUT2D eigenvalue weighted by atomic mass is 19.1. The van der Waals surface area contributed by atoms with E-state index in [9.17, 15) is 23.9 Å². The first-order valence-corrected chi connectivity index (χ1v) is 12.9. The lowest BCUT2D eigenvalue weighted by Crippen LogP contribution is -2.50. The van der Waals surface area contributed by atoms with E-state index in [0.29, 0.717) is 16.9 Å². The van der Waals surface area contributed by atoms with Gasteiger partial charge in [0.1, 0.15) is 11.9 Å². The van der Waals surface area contributed by atoms with Gasteiger partial charge in [-0.3, -0.25) is 14.6 Å². The monoisotopic (exact) mass is 549 g/mol. The van der Waals surface area contributed by atoms with Crippen molar-refractivity contribution in [1.29, 1.82) is 0 Å². The number of aliphatic hydroxyl groups is 1. The number of carbonyl (C=O) groups excluding carboxylic acids is 3. The van der Waals surface area contributed by atoms with Crippen LogP contribution in [-0.2, 0) is 0 Å². The van der Waals surface area contributed by atoms with Crippen LogP contribution in [0.2, 0.25) is 0 Å². The molecule has 0 aliphatic carbocycles. The fourth-order valence-electron chi connectivity index (χ4n) is 4.36. The molecule has 1 aromatic heterocycles. The first-order valence-electron chi connectivity index (χ1n) is 12.9. The van der Waals surface area contributed by atoms with Gasteiger partial charge in [0.15, 0.2) is 5.75 Å². The van der Waals surface area contributed by atoms with Crippen LogP contribution in [0.1, 0.15) is 34.6 Å². The molecule has 1 aliphatic rings. The topological polar surface area (TPSA) is 124 Å². The second-order valence-electron chi connectivity index (χ2n) is 9.81. The van der Waals surface area contributed by atoms with E-state index in [4.69, 9.17) is 4.74 Å². The van der Waals surface area contributed by atoms with E-state index in [0.717, 1.165) is 0 Å². The second-order valence-corrected chi connectivity index (χ2v) is 9.81. The van der Waals surface area contributed by atoms with Gasteiger partial charge in [-0.2, -0.15) is 0 Å². The second kappa shape index (κ2) is 12.6. The molecule has 0 spiro atoms. The quantitative estimate of drug-likeness (QED) is 0.411. The number of pyridine rings is 1. The molecule has 11 heteroatoms. The van der Waals surface area contributed by atoms with Gasteiger partial charge in [-0.25, -0.2) is 9.18 Å². The fraction of sp³-hybridized carbons (Fsp3) is 0.310. The zero-order valence-electron chi connectivity index (χ0n) is 22.5. The summed E-state index contributed by atoms with van der Waals surface area (Å²) < 4.78 is 19.7. The molecule has 0 radical (unpaired) electrons. The normalized spacial score (nSPS) is 17.5. The van der Waals surface area contributed by atoms with Crippen LogP contribution in [0.25, 0.3) is 0 Å². The van der Waals surface area contributed by atoms with E-state index in [-0.39, 0.29) is 42.8 Å². The summed E-state index contributed by atoms with van der Waals surface area (Å²) in [7, 11) is 1.60. The third-order valence-electron chi connectivity index (χ3n) is 6.78. The standard InChI is InChI=1S/C29H32FN5O5/c1-18-15-35(19(2)17-36)28(38)23-5-4-6-24(33-27(37)20-11-13-31-14-12-20)26(23)40-25(18)16-34(3)29(39)32-22-9-7-21(30)8-10-22/h4-14,18-19,25,36H,15-17H2,1-3H3,(H,32,39)(H,33,37)/t18-,19+,25+/m0/s1. The highest BCUT2D eigenvalue weighted by Crippen LogP contribution is 2.35. The number of anilines is 2. The van der Waals surface area contributed by atoms with Crippen LogP contribution in [0.5, 0.6) is 5.75 Å². The SMILES string of the molecule is C[C@H](CO)N1C[C@H](C)[C@@H](CN(C)C(=O)Nc2ccc(F)cc2)Oc2c(NC(=O)c3ccncc3)cccc2C1=O. The third kappa shape index (κ3) is 6.55. The molecule has 0 fully saturated rings. The Bertz CT molecular complexity index is 1350. The number of rotatable bonds is 7. The van der Waals surface area contributed by atoms with E-state index in [1.54, 1.807) is 49.2 Å². The highest BCUT2D eigenvalue weighted by Gasteiger charge is 2.35. The van der Waals surface area contributed by atoms with Gasteiger partial charge in [0.05, 0.1) is 30.4 Å². The maximum Gasteiger partial charge on any atom is 0.321 e. The van der Waals surface area contributed by atoms with Crippen LogP contribution in [0, 0.1) is 11.7 Å².